The molecule has 21 heavy (non-hydrogen) atoms. The summed E-state index contributed by atoms with van der Waals surface area (Å²) in [5.74, 6) is 2.40. The minimum atomic E-state index is -0.217. The molecule has 0 aliphatic carbocycles. The number of ether oxygens (including phenoxy) is 1. The molecule has 0 bridgehead atoms. The first kappa shape index (κ1) is 16.0. The highest BCUT2D eigenvalue weighted by molar-refractivity contribution is 9.10. The summed E-state index contributed by atoms with van der Waals surface area (Å²) in [6.07, 6.45) is 7.81. The Morgan fingerprint density at radius 1 is 1.48 bits per heavy atom. The molecule has 2 rings (SSSR count). The van der Waals surface area contributed by atoms with Gasteiger partial charge in [-0.2, -0.15) is 5.10 Å². The molecule has 1 aromatic rings. The first-order valence-corrected chi connectivity index (χ1v) is 7.74. The lowest BCUT2D eigenvalue weighted by Crippen LogP contribution is -2.37. The molecule has 0 radical (unpaired) electrons. The summed E-state index contributed by atoms with van der Waals surface area (Å²) in [6.45, 7) is 5.61. The molecule has 1 aromatic heterocycles. The maximum atomic E-state index is 12.0. The van der Waals surface area contributed by atoms with Crippen molar-refractivity contribution in [3.8, 4) is 12.3 Å². The number of morpholine rings is 1. The smallest absolute Gasteiger partial charge is 0.284 e. The average Bonchev–Trinajstić information content (AvgIpc) is 2.51. The maximum absolute atomic E-state index is 12.0. The van der Waals surface area contributed by atoms with Crippen LogP contribution in [0.15, 0.2) is 15.5 Å². The fourth-order valence-corrected chi connectivity index (χ4v) is 2.59. The van der Waals surface area contributed by atoms with Crippen LogP contribution in [0, 0.1) is 12.3 Å². The molecule has 0 amide bonds. The Labute approximate surface area is 132 Å². The predicted octanol–water partition coefficient (Wildman–Crippen LogP) is 0.773. The molecule has 1 fully saturated rings. The maximum Gasteiger partial charge on any atom is 0.284 e. The van der Waals surface area contributed by atoms with E-state index < -0.39 is 0 Å². The highest BCUT2D eigenvalue weighted by Crippen LogP contribution is 2.15. The van der Waals surface area contributed by atoms with Crippen LogP contribution in [-0.4, -0.2) is 54.1 Å². The second kappa shape index (κ2) is 8.17. The molecule has 2 heterocycles. The predicted molar refractivity (Wildman–Crippen MR) is 85.4 cm³/mol. The van der Waals surface area contributed by atoms with E-state index in [1.54, 1.807) is 6.20 Å². The number of nitrogens with zero attached hydrogens (tertiary/aromatic N) is 3. The monoisotopic (exact) mass is 354 g/mol. The number of anilines is 1. The van der Waals surface area contributed by atoms with Crippen LogP contribution in [-0.2, 0) is 11.3 Å². The molecule has 0 atom stereocenters. The van der Waals surface area contributed by atoms with Gasteiger partial charge in [-0.1, -0.05) is 5.92 Å². The van der Waals surface area contributed by atoms with Crippen molar-refractivity contribution in [1.82, 2.24) is 14.7 Å². The minimum absolute atomic E-state index is 0.175. The summed E-state index contributed by atoms with van der Waals surface area (Å²) >= 11 is 3.30. The van der Waals surface area contributed by atoms with Gasteiger partial charge in [-0.25, -0.2) is 4.68 Å². The van der Waals surface area contributed by atoms with Gasteiger partial charge in [0.05, 0.1) is 25.1 Å². The lowest BCUT2D eigenvalue weighted by molar-refractivity contribution is 0.0378. The zero-order chi connectivity index (χ0) is 15.1. The Morgan fingerprint density at radius 3 is 2.95 bits per heavy atom. The van der Waals surface area contributed by atoms with Gasteiger partial charge in [0.15, 0.2) is 0 Å². The number of halogens is 1. The number of nitrogens with one attached hydrogen (secondary N) is 1. The molecule has 0 unspecified atom stereocenters. The van der Waals surface area contributed by atoms with Gasteiger partial charge in [-0.05, 0) is 28.9 Å². The van der Waals surface area contributed by atoms with Crippen molar-refractivity contribution >= 4 is 21.6 Å². The molecule has 1 saturated heterocycles. The Bertz CT molecular complexity index is 561. The van der Waals surface area contributed by atoms with Crippen molar-refractivity contribution in [2.45, 2.75) is 13.0 Å². The number of rotatable bonds is 6. The molecule has 6 nitrogen and oxygen atoms in total. The molecule has 114 valence electrons. The van der Waals surface area contributed by atoms with Crippen LogP contribution in [0.3, 0.4) is 0 Å². The fraction of sp³-hybridized carbons (Fsp3) is 0.571. The van der Waals surface area contributed by atoms with Crippen molar-refractivity contribution in [3.63, 3.8) is 0 Å². The molecular formula is C14H19BrN4O2. The van der Waals surface area contributed by atoms with E-state index in [4.69, 9.17) is 11.2 Å². The number of hydrogen-bond donors (Lipinski definition) is 1. The van der Waals surface area contributed by atoms with E-state index >= 15 is 0 Å². The average molecular weight is 355 g/mol. The van der Waals surface area contributed by atoms with Crippen LogP contribution < -0.4 is 10.9 Å². The summed E-state index contributed by atoms with van der Waals surface area (Å²) < 4.78 is 7.04. The van der Waals surface area contributed by atoms with E-state index in [9.17, 15) is 4.79 Å². The van der Waals surface area contributed by atoms with Crippen LogP contribution >= 0.6 is 15.9 Å². The summed E-state index contributed by atoms with van der Waals surface area (Å²) in [5, 5.41) is 7.27. The summed E-state index contributed by atoms with van der Waals surface area (Å²) in [5.41, 5.74) is 0.487. The number of terminal acetylenes is 1. The van der Waals surface area contributed by atoms with Crippen LogP contribution in [0.25, 0.3) is 0 Å². The minimum Gasteiger partial charge on any atom is -0.383 e. The zero-order valence-corrected chi connectivity index (χ0v) is 13.4. The number of hydrogen-bond acceptors (Lipinski definition) is 5. The second-order valence-corrected chi connectivity index (χ2v) is 5.57. The first-order valence-electron chi connectivity index (χ1n) is 6.95. The van der Waals surface area contributed by atoms with E-state index in [1.807, 2.05) is 0 Å². The zero-order valence-electron chi connectivity index (χ0n) is 11.8. The quantitative estimate of drug-likeness (QED) is 0.604. The SMILES string of the molecule is C#CCn1ncc(NCCCN2CCOCC2)c(Br)c1=O. The largest absolute Gasteiger partial charge is 0.383 e. The van der Waals surface area contributed by atoms with Gasteiger partial charge in [0.25, 0.3) is 5.56 Å². The molecule has 1 aliphatic rings. The Morgan fingerprint density at radius 2 is 2.24 bits per heavy atom. The van der Waals surface area contributed by atoms with Gasteiger partial charge in [0.2, 0.25) is 0 Å². The molecule has 0 spiro atoms. The van der Waals surface area contributed by atoms with Gasteiger partial charge in [-0.15, -0.1) is 6.42 Å². The van der Waals surface area contributed by atoms with Crippen molar-refractivity contribution in [3.05, 3.63) is 21.0 Å². The number of aromatic nitrogens is 2. The third-order valence-corrected chi connectivity index (χ3v) is 4.06. The van der Waals surface area contributed by atoms with Crippen molar-refractivity contribution in [1.29, 1.82) is 0 Å². The molecule has 0 saturated carbocycles. The van der Waals surface area contributed by atoms with Crippen LogP contribution in [0.1, 0.15) is 6.42 Å². The van der Waals surface area contributed by atoms with E-state index in [0.717, 1.165) is 45.8 Å². The molecule has 1 aliphatic heterocycles. The van der Waals surface area contributed by atoms with Crippen LogP contribution in [0.5, 0.6) is 0 Å². The molecular weight excluding hydrogens is 336 g/mol. The first-order chi connectivity index (χ1) is 10.2. The Balaban J connectivity index is 1.82. The van der Waals surface area contributed by atoms with Crippen LogP contribution in [0.4, 0.5) is 5.69 Å². The van der Waals surface area contributed by atoms with Crippen molar-refractivity contribution < 1.29 is 4.74 Å². The normalized spacial score (nSPS) is 15.6. The fourth-order valence-electron chi connectivity index (χ4n) is 2.14. The second-order valence-electron chi connectivity index (χ2n) is 4.77. The highest BCUT2D eigenvalue weighted by atomic mass is 79.9. The molecule has 7 heteroatoms. The summed E-state index contributed by atoms with van der Waals surface area (Å²) in [7, 11) is 0. The topological polar surface area (TPSA) is 59.4 Å². The van der Waals surface area contributed by atoms with Gasteiger partial charge in [-0.3, -0.25) is 9.69 Å². The van der Waals surface area contributed by atoms with Gasteiger partial charge >= 0.3 is 0 Å². The molecule has 0 aromatic carbocycles. The lowest BCUT2D eigenvalue weighted by Gasteiger charge is -2.26. The molecule has 1 N–H and O–H groups in total. The third-order valence-electron chi connectivity index (χ3n) is 3.30. The Hall–Kier alpha value is -1.36. The Kier molecular flexibility index (Phi) is 6.23. The highest BCUT2D eigenvalue weighted by Gasteiger charge is 2.10. The van der Waals surface area contributed by atoms with Crippen LogP contribution in [0.2, 0.25) is 0 Å². The van der Waals surface area contributed by atoms with E-state index in [1.165, 1.54) is 4.68 Å². The summed E-state index contributed by atoms with van der Waals surface area (Å²) in [6, 6.07) is 0. The summed E-state index contributed by atoms with van der Waals surface area (Å²) in [4.78, 5) is 14.3. The van der Waals surface area contributed by atoms with Crippen molar-refractivity contribution in [2.24, 2.45) is 0 Å². The van der Waals surface area contributed by atoms with E-state index in [2.05, 4.69) is 37.2 Å². The van der Waals surface area contributed by atoms with E-state index in [0.29, 0.717) is 10.2 Å². The van der Waals surface area contributed by atoms with Gasteiger partial charge in [0.1, 0.15) is 11.0 Å². The standard InChI is InChI=1S/C14H19BrN4O2/c1-2-5-19-14(20)13(15)12(11-17-19)16-4-3-6-18-7-9-21-10-8-18/h1,11,16H,3-10H2. The lowest BCUT2D eigenvalue weighted by atomic mass is 10.3. The third kappa shape index (κ3) is 4.56. The van der Waals surface area contributed by atoms with Crippen molar-refractivity contribution in [2.75, 3.05) is 44.7 Å². The van der Waals surface area contributed by atoms with E-state index in [-0.39, 0.29) is 12.1 Å². The van der Waals surface area contributed by atoms with Gasteiger partial charge in [0, 0.05) is 19.6 Å². The van der Waals surface area contributed by atoms with Gasteiger partial charge < -0.3 is 10.1 Å².